The quantitative estimate of drug-likeness (QED) is 0.504. The second-order valence-corrected chi connectivity index (χ2v) is 5.96. The van der Waals surface area contributed by atoms with Gasteiger partial charge in [-0.2, -0.15) is 5.10 Å². The summed E-state index contributed by atoms with van der Waals surface area (Å²) in [5, 5.41) is 19.4. The minimum atomic E-state index is 0.127. The van der Waals surface area contributed by atoms with E-state index >= 15 is 0 Å². The normalized spacial score (nSPS) is 11.2. The lowest BCUT2D eigenvalue weighted by Gasteiger charge is -2.07. The molecule has 25 heavy (non-hydrogen) atoms. The molecule has 0 aromatic heterocycles. The van der Waals surface area contributed by atoms with Crippen LogP contribution in [0, 0.1) is 0 Å². The van der Waals surface area contributed by atoms with Gasteiger partial charge in [-0.05, 0) is 25.1 Å². The van der Waals surface area contributed by atoms with Gasteiger partial charge in [0.05, 0.1) is 5.71 Å². The molecule has 3 nitrogen and oxygen atoms in total. The molecule has 3 rings (SSSR count). The Balaban J connectivity index is 2.06. The molecule has 0 atom stereocenters. The van der Waals surface area contributed by atoms with Crippen molar-refractivity contribution in [3.63, 3.8) is 0 Å². The molecule has 0 bridgehead atoms. The molecule has 0 unspecified atom stereocenters. The van der Waals surface area contributed by atoms with Crippen LogP contribution in [0.3, 0.4) is 0 Å². The second kappa shape index (κ2) is 7.77. The zero-order valence-corrected chi connectivity index (χ0v) is 14.5. The predicted molar refractivity (Wildman–Crippen MR) is 104 cm³/mol. The molecule has 4 heteroatoms. The molecule has 0 radical (unpaired) electrons. The third-order valence-corrected chi connectivity index (χ3v) is 3.98. The van der Waals surface area contributed by atoms with Crippen LogP contribution >= 0.6 is 11.6 Å². The average molecular weight is 349 g/mol. The molecular weight excluding hydrogens is 332 g/mol. The van der Waals surface area contributed by atoms with Crippen LogP contribution in [0.2, 0.25) is 5.02 Å². The minimum absolute atomic E-state index is 0.127. The zero-order chi connectivity index (χ0) is 17.6. The Bertz CT molecular complexity index is 878. The van der Waals surface area contributed by atoms with E-state index in [1.54, 1.807) is 25.1 Å². The first-order valence-corrected chi connectivity index (χ1v) is 8.25. The third-order valence-electron chi connectivity index (χ3n) is 3.74. The maximum absolute atomic E-state index is 10.0. The summed E-state index contributed by atoms with van der Waals surface area (Å²) in [6, 6.07) is 24.6. The lowest BCUT2D eigenvalue weighted by molar-refractivity contribution is 0.474. The van der Waals surface area contributed by atoms with E-state index in [1.807, 2.05) is 60.7 Å². The minimum Gasteiger partial charge on any atom is -0.507 e. The molecular formula is C21H17ClN2O. The number of phenols is 1. The molecule has 0 heterocycles. The average Bonchev–Trinajstić information content (AvgIpc) is 2.65. The van der Waals surface area contributed by atoms with E-state index in [1.165, 1.54) is 0 Å². The fourth-order valence-corrected chi connectivity index (χ4v) is 2.62. The van der Waals surface area contributed by atoms with Crippen molar-refractivity contribution in [2.75, 3.05) is 0 Å². The highest BCUT2D eigenvalue weighted by Gasteiger charge is 2.08. The first kappa shape index (κ1) is 16.9. The number of aromatic hydroxyl groups is 1. The summed E-state index contributed by atoms with van der Waals surface area (Å²) in [4.78, 5) is 0. The van der Waals surface area contributed by atoms with E-state index in [-0.39, 0.29) is 5.75 Å². The van der Waals surface area contributed by atoms with Crippen LogP contribution in [0.4, 0.5) is 0 Å². The lowest BCUT2D eigenvalue weighted by atomic mass is 10.0. The number of phenolic OH excluding ortho intramolecular Hbond substituents is 1. The fraction of sp³-hybridized carbons (Fsp3) is 0.0476. The maximum Gasteiger partial charge on any atom is 0.124 e. The monoisotopic (exact) mass is 348 g/mol. The largest absolute Gasteiger partial charge is 0.507 e. The predicted octanol–water partition coefficient (Wildman–Crippen LogP) is 5.31. The van der Waals surface area contributed by atoms with E-state index in [4.69, 9.17) is 11.6 Å². The number of hydrogen-bond donors (Lipinski definition) is 1. The molecule has 124 valence electrons. The molecule has 0 aliphatic carbocycles. The Hall–Kier alpha value is -2.91. The Kier molecular flexibility index (Phi) is 5.26. The highest BCUT2D eigenvalue weighted by Crippen LogP contribution is 2.22. The Labute approximate surface area is 151 Å². The van der Waals surface area contributed by atoms with Crippen LogP contribution in [0.15, 0.2) is 89.1 Å². The molecule has 0 spiro atoms. The van der Waals surface area contributed by atoms with Crippen LogP contribution in [0.1, 0.15) is 23.6 Å². The van der Waals surface area contributed by atoms with Gasteiger partial charge in [0.25, 0.3) is 0 Å². The van der Waals surface area contributed by atoms with Crippen molar-refractivity contribution in [2.45, 2.75) is 6.92 Å². The summed E-state index contributed by atoms with van der Waals surface area (Å²) in [5.74, 6) is 0.127. The summed E-state index contributed by atoms with van der Waals surface area (Å²) >= 11 is 6.01. The number of benzene rings is 3. The first-order chi connectivity index (χ1) is 12.1. The first-order valence-electron chi connectivity index (χ1n) is 7.87. The van der Waals surface area contributed by atoms with Gasteiger partial charge >= 0.3 is 0 Å². The van der Waals surface area contributed by atoms with Gasteiger partial charge in [-0.1, -0.05) is 72.3 Å². The summed E-state index contributed by atoms with van der Waals surface area (Å²) in [7, 11) is 0. The molecule has 0 aliphatic heterocycles. The molecule has 1 N–H and O–H groups in total. The van der Waals surface area contributed by atoms with Gasteiger partial charge in [-0.15, -0.1) is 5.10 Å². The number of rotatable bonds is 4. The smallest absolute Gasteiger partial charge is 0.124 e. The van der Waals surface area contributed by atoms with E-state index < -0.39 is 0 Å². The molecule has 3 aromatic rings. The Morgan fingerprint density at radius 3 is 1.92 bits per heavy atom. The molecule has 0 saturated carbocycles. The highest BCUT2D eigenvalue weighted by atomic mass is 35.5. The van der Waals surface area contributed by atoms with Gasteiger partial charge in [0.2, 0.25) is 0 Å². The van der Waals surface area contributed by atoms with Crippen molar-refractivity contribution in [1.82, 2.24) is 0 Å². The molecule has 0 amide bonds. The van der Waals surface area contributed by atoms with Crippen LogP contribution in [0.25, 0.3) is 0 Å². The van der Waals surface area contributed by atoms with Crippen LogP contribution in [-0.2, 0) is 0 Å². The standard InChI is InChI=1S/C21H17ClN2O/c1-15(19-14-18(22)12-13-20(19)25)23-24-21(16-8-4-2-5-9-16)17-10-6-3-7-11-17/h2-14,25H,1H3/b23-15+. The third kappa shape index (κ3) is 4.14. The zero-order valence-electron chi connectivity index (χ0n) is 13.7. The van der Waals surface area contributed by atoms with E-state index in [0.29, 0.717) is 16.3 Å². The van der Waals surface area contributed by atoms with Crippen LogP contribution in [-0.4, -0.2) is 16.5 Å². The van der Waals surface area contributed by atoms with Crippen LogP contribution in [0.5, 0.6) is 5.75 Å². The maximum atomic E-state index is 10.0. The lowest BCUT2D eigenvalue weighted by Crippen LogP contribution is -2.03. The molecule has 0 aliphatic rings. The SMILES string of the molecule is C/C(=N\N=C(c1ccccc1)c1ccccc1)c1cc(Cl)ccc1O. The number of hydrogen-bond acceptors (Lipinski definition) is 3. The Morgan fingerprint density at radius 2 is 1.36 bits per heavy atom. The summed E-state index contributed by atoms with van der Waals surface area (Å²) in [6.07, 6.45) is 0. The van der Waals surface area contributed by atoms with Gasteiger partial charge < -0.3 is 5.11 Å². The highest BCUT2D eigenvalue weighted by molar-refractivity contribution is 6.31. The summed E-state index contributed by atoms with van der Waals surface area (Å²) in [5.41, 5.74) is 3.87. The van der Waals surface area contributed by atoms with Gasteiger partial charge in [-0.25, -0.2) is 0 Å². The second-order valence-electron chi connectivity index (χ2n) is 5.53. The van der Waals surface area contributed by atoms with Gasteiger partial charge in [0, 0.05) is 21.7 Å². The van der Waals surface area contributed by atoms with Gasteiger partial charge in [0.1, 0.15) is 11.5 Å². The van der Waals surface area contributed by atoms with E-state index in [9.17, 15) is 5.11 Å². The topological polar surface area (TPSA) is 45.0 Å². The van der Waals surface area contributed by atoms with Crippen LogP contribution < -0.4 is 0 Å². The van der Waals surface area contributed by atoms with E-state index in [0.717, 1.165) is 16.8 Å². The summed E-state index contributed by atoms with van der Waals surface area (Å²) in [6.45, 7) is 1.79. The Morgan fingerprint density at radius 1 is 0.800 bits per heavy atom. The van der Waals surface area contributed by atoms with Crippen molar-refractivity contribution >= 4 is 23.0 Å². The van der Waals surface area contributed by atoms with Crippen molar-refractivity contribution in [2.24, 2.45) is 10.2 Å². The van der Waals surface area contributed by atoms with Crippen molar-refractivity contribution in [1.29, 1.82) is 0 Å². The molecule has 3 aromatic carbocycles. The van der Waals surface area contributed by atoms with Crippen molar-refractivity contribution < 1.29 is 5.11 Å². The van der Waals surface area contributed by atoms with Gasteiger partial charge in [0.15, 0.2) is 0 Å². The van der Waals surface area contributed by atoms with Crippen molar-refractivity contribution in [3.05, 3.63) is 101 Å². The van der Waals surface area contributed by atoms with E-state index in [2.05, 4.69) is 10.2 Å². The van der Waals surface area contributed by atoms with Crippen molar-refractivity contribution in [3.8, 4) is 5.75 Å². The molecule has 0 saturated heterocycles. The fourth-order valence-electron chi connectivity index (χ4n) is 2.45. The summed E-state index contributed by atoms with van der Waals surface area (Å²) < 4.78 is 0. The number of halogens is 1. The molecule has 0 fully saturated rings. The van der Waals surface area contributed by atoms with Gasteiger partial charge in [-0.3, -0.25) is 0 Å². The number of nitrogens with zero attached hydrogens (tertiary/aromatic N) is 2.